The fourth-order valence-corrected chi connectivity index (χ4v) is 3.93. The maximum atomic E-state index is 13.1. The molecule has 4 N–H and O–H groups in total. The van der Waals surface area contributed by atoms with Crippen molar-refractivity contribution < 1.29 is 29.0 Å². The number of amides is 3. The molecular formula is C26H39N3O6. The number of benzene rings is 1. The van der Waals surface area contributed by atoms with Gasteiger partial charge >= 0.3 is 5.97 Å². The topological polar surface area (TPSA) is 134 Å². The molecule has 0 aromatic heterocycles. The lowest BCUT2D eigenvalue weighted by atomic mass is 9.98. The molecule has 0 radical (unpaired) electrons. The lowest BCUT2D eigenvalue weighted by Gasteiger charge is -2.26. The first-order valence-electron chi connectivity index (χ1n) is 12.5. The third-order valence-corrected chi connectivity index (χ3v) is 6.37. The van der Waals surface area contributed by atoms with Crippen LogP contribution in [-0.4, -0.2) is 53.0 Å². The molecule has 1 aliphatic heterocycles. The van der Waals surface area contributed by atoms with Crippen LogP contribution in [0.25, 0.3) is 0 Å². The second-order valence-corrected chi connectivity index (χ2v) is 9.35. The zero-order valence-electron chi connectivity index (χ0n) is 21.1. The molecule has 1 fully saturated rings. The second kappa shape index (κ2) is 13.7. The lowest BCUT2D eigenvalue weighted by molar-refractivity contribution is -0.156. The fraction of sp³-hybridized carbons (Fsp3) is 0.615. The molecule has 194 valence electrons. The molecule has 1 aliphatic rings. The molecule has 0 spiro atoms. The SMILES string of the molecule is CCCCC[C@@H]1CC(=O)N[C@@H](Cc2ccc(O)cc2)C(=O)N[C@@H](C)C(=O)N[C@H]([C@@H](C)CC)C(=O)O1. The maximum Gasteiger partial charge on any atom is 0.329 e. The van der Waals surface area contributed by atoms with Gasteiger partial charge in [0.2, 0.25) is 17.7 Å². The molecule has 1 aromatic rings. The van der Waals surface area contributed by atoms with Crippen LogP contribution in [0.4, 0.5) is 0 Å². The molecule has 0 aliphatic carbocycles. The number of phenolic OH excluding ortho intramolecular Hbond substituents is 1. The highest BCUT2D eigenvalue weighted by molar-refractivity contribution is 5.94. The molecule has 1 saturated heterocycles. The van der Waals surface area contributed by atoms with E-state index in [9.17, 15) is 24.3 Å². The minimum Gasteiger partial charge on any atom is -0.508 e. The molecule has 0 bridgehead atoms. The molecule has 0 unspecified atom stereocenters. The monoisotopic (exact) mass is 489 g/mol. The predicted molar refractivity (Wildman–Crippen MR) is 131 cm³/mol. The summed E-state index contributed by atoms with van der Waals surface area (Å²) < 4.78 is 5.75. The van der Waals surface area contributed by atoms with Crippen LogP contribution >= 0.6 is 0 Å². The number of hydrogen-bond donors (Lipinski definition) is 4. The number of carbonyl (C=O) groups is 4. The van der Waals surface area contributed by atoms with E-state index in [0.29, 0.717) is 12.8 Å². The van der Waals surface area contributed by atoms with E-state index in [1.54, 1.807) is 12.1 Å². The van der Waals surface area contributed by atoms with E-state index in [-0.39, 0.29) is 24.5 Å². The first-order valence-corrected chi connectivity index (χ1v) is 12.5. The minimum atomic E-state index is -0.944. The van der Waals surface area contributed by atoms with Gasteiger partial charge in [-0.3, -0.25) is 14.4 Å². The van der Waals surface area contributed by atoms with E-state index in [1.165, 1.54) is 19.1 Å². The van der Waals surface area contributed by atoms with Gasteiger partial charge in [-0.25, -0.2) is 4.79 Å². The van der Waals surface area contributed by atoms with Crippen LogP contribution in [0, 0.1) is 5.92 Å². The van der Waals surface area contributed by atoms with Crippen molar-refractivity contribution in [3.8, 4) is 5.75 Å². The van der Waals surface area contributed by atoms with Crippen LogP contribution in [0.15, 0.2) is 24.3 Å². The summed E-state index contributed by atoms with van der Waals surface area (Å²) >= 11 is 0. The summed E-state index contributed by atoms with van der Waals surface area (Å²) in [5.41, 5.74) is 0.729. The van der Waals surface area contributed by atoms with Crippen molar-refractivity contribution in [2.45, 2.75) is 96.9 Å². The number of hydrogen-bond acceptors (Lipinski definition) is 6. The average molecular weight is 490 g/mol. The van der Waals surface area contributed by atoms with Crippen molar-refractivity contribution in [1.29, 1.82) is 0 Å². The van der Waals surface area contributed by atoms with E-state index in [2.05, 4.69) is 22.9 Å². The zero-order chi connectivity index (χ0) is 26.0. The molecular weight excluding hydrogens is 450 g/mol. The predicted octanol–water partition coefficient (Wildman–Crippen LogP) is 2.35. The van der Waals surface area contributed by atoms with Crippen LogP contribution in [0.3, 0.4) is 0 Å². The van der Waals surface area contributed by atoms with Crippen LogP contribution < -0.4 is 16.0 Å². The summed E-state index contributed by atoms with van der Waals surface area (Å²) in [7, 11) is 0. The minimum absolute atomic E-state index is 0.0778. The molecule has 0 saturated carbocycles. The molecule has 35 heavy (non-hydrogen) atoms. The van der Waals surface area contributed by atoms with Gasteiger partial charge in [0, 0.05) is 6.42 Å². The molecule has 9 heteroatoms. The number of ether oxygens (including phenoxy) is 1. The zero-order valence-corrected chi connectivity index (χ0v) is 21.1. The Morgan fingerprint density at radius 1 is 1.00 bits per heavy atom. The van der Waals surface area contributed by atoms with Gasteiger partial charge in [-0.05, 0) is 43.4 Å². The molecule has 1 heterocycles. The van der Waals surface area contributed by atoms with Gasteiger partial charge in [0.05, 0.1) is 6.42 Å². The average Bonchev–Trinajstić information content (AvgIpc) is 2.82. The van der Waals surface area contributed by atoms with Crippen LogP contribution in [-0.2, 0) is 30.3 Å². The Morgan fingerprint density at radius 3 is 2.31 bits per heavy atom. The first kappa shape index (κ1) is 28.1. The summed E-state index contributed by atoms with van der Waals surface area (Å²) in [4.78, 5) is 51.9. The van der Waals surface area contributed by atoms with E-state index in [4.69, 9.17) is 4.74 Å². The van der Waals surface area contributed by atoms with Crippen LogP contribution in [0.2, 0.25) is 0 Å². The Morgan fingerprint density at radius 2 is 1.69 bits per heavy atom. The van der Waals surface area contributed by atoms with Crippen molar-refractivity contribution in [3.63, 3.8) is 0 Å². The lowest BCUT2D eigenvalue weighted by Crippen LogP contribution is -2.55. The van der Waals surface area contributed by atoms with Crippen molar-refractivity contribution in [2.75, 3.05) is 0 Å². The number of aromatic hydroxyl groups is 1. The van der Waals surface area contributed by atoms with Crippen molar-refractivity contribution in [2.24, 2.45) is 5.92 Å². The molecule has 2 rings (SSSR count). The number of rotatable bonds is 8. The number of carbonyl (C=O) groups excluding carboxylic acids is 4. The Bertz CT molecular complexity index is 872. The Balaban J connectivity index is 2.32. The van der Waals surface area contributed by atoms with E-state index in [1.807, 2.05) is 13.8 Å². The van der Waals surface area contributed by atoms with Crippen molar-refractivity contribution in [3.05, 3.63) is 29.8 Å². The van der Waals surface area contributed by atoms with Crippen LogP contribution in [0.5, 0.6) is 5.75 Å². The van der Waals surface area contributed by atoms with Gasteiger partial charge in [0.15, 0.2) is 0 Å². The molecule has 9 nitrogen and oxygen atoms in total. The summed E-state index contributed by atoms with van der Waals surface area (Å²) in [6.07, 6.45) is 3.28. The highest BCUT2D eigenvalue weighted by Crippen LogP contribution is 2.17. The third-order valence-electron chi connectivity index (χ3n) is 6.37. The molecule has 1 aromatic carbocycles. The Hall–Kier alpha value is -3.10. The third kappa shape index (κ3) is 8.88. The standard InChI is InChI=1S/C26H39N3O6/c1-5-7-8-9-20-15-22(31)28-21(14-18-10-12-19(30)13-11-18)25(33)27-17(4)24(32)29-23(16(3)6-2)26(34)35-20/h10-13,16-17,20-21,23,30H,5-9,14-15H2,1-4H3,(H,27,33)(H,28,31)(H,29,32)/t16-,17-,20+,21-,23+/m0/s1. The normalized spacial score (nSPS) is 25.1. The smallest absolute Gasteiger partial charge is 0.329 e. The van der Waals surface area contributed by atoms with Gasteiger partial charge in [-0.15, -0.1) is 0 Å². The van der Waals surface area contributed by atoms with Gasteiger partial charge in [-0.1, -0.05) is 52.2 Å². The highest BCUT2D eigenvalue weighted by atomic mass is 16.5. The summed E-state index contributed by atoms with van der Waals surface area (Å²) in [5.74, 6) is -2.09. The quantitative estimate of drug-likeness (QED) is 0.327. The Kier molecular flexibility index (Phi) is 11.0. The van der Waals surface area contributed by atoms with Gasteiger partial charge in [-0.2, -0.15) is 0 Å². The van der Waals surface area contributed by atoms with Crippen molar-refractivity contribution >= 4 is 23.7 Å². The number of phenols is 1. The number of unbranched alkanes of at least 4 members (excludes halogenated alkanes) is 2. The first-order chi connectivity index (χ1) is 16.6. The van der Waals surface area contributed by atoms with Crippen molar-refractivity contribution in [1.82, 2.24) is 16.0 Å². The van der Waals surface area contributed by atoms with Gasteiger partial charge in [0.1, 0.15) is 30.0 Å². The second-order valence-electron chi connectivity index (χ2n) is 9.35. The number of esters is 1. The van der Waals surface area contributed by atoms with E-state index < -0.39 is 47.9 Å². The van der Waals surface area contributed by atoms with E-state index >= 15 is 0 Å². The van der Waals surface area contributed by atoms with Gasteiger partial charge in [0.25, 0.3) is 0 Å². The Labute approximate surface area is 207 Å². The maximum absolute atomic E-state index is 13.1. The molecule has 5 atom stereocenters. The van der Waals surface area contributed by atoms with Crippen LogP contribution in [0.1, 0.15) is 71.8 Å². The number of nitrogens with one attached hydrogen (secondary N) is 3. The van der Waals surface area contributed by atoms with E-state index in [0.717, 1.165) is 24.8 Å². The van der Waals surface area contributed by atoms with Gasteiger partial charge < -0.3 is 25.8 Å². The summed E-state index contributed by atoms with van der Waals surface area (Å²) in [6, 6.07) is 3.59. The number of cyclic esters (lactones) is 1. The summed E-state index contributed by atoms with van der Waals surface area (Å²) in [6.45, 7) is 7.35. The molecule has 3 amide bonds. The fourth-order valence-electron chi connectivity index (χ4n) is 3.93. The largest absolute Gasteiger partial charge is 0.508 e. The summed E-state index contributed by atoms with van der Waals surface area (Å²) in [5, 5.41) is 17.7. The highest BCUT2D eigenvalue weighted by Gasteiger charge is 2.33.